The fourth-order valence-electron chi connectivity index (χ4n) is 4.06. The van der Waals surface area contributed by atoms with E-state index in [9.17, 15) is 39.5 Å². The van der Waals surface area contributed by atoms with Gasteiger partial charge in [0.2, 0.25) is 5.88 Å². The summed E-state index contributed by atoms with van der Waals surface area (Å²) >= 11 is 1.76. The third-order valence-corrected chi connectivity index (χ3v) is 7.07. The number of thiazole rings is 1. The lowest BCUT2D eigenvalue weighted by atomic mass is 9.73. The third kappa shape index (κ3) is 14.1. The van der Waals surface area contributed by atoms with Crippen molar-refractivity contribution in [3.8, 4) is 5.88 Å². The first-order valence-electron chi connectivity index (χ1n) is 12.8. The lowest BCUT2D eigenvalue weighted by Crippen LogP contribution is -2.57. The highest BCUT2D eigenvalue weighted by Gasteiger charge is 2.47. The highest BCUT2D eigenvalue weighted by atomic mass is 32.1. The molecule has 2 aromatic rings. The zero-order valence-corrected chi connectivity index (χ0v) is 24.5. The highest BCUT2D eigenvalue weighted by molar-refractivity contribution is 7.09. The SMILES string of the molecule is Cc1ncsc1CN1CCC2OCCCC2(COc2ccccn2)C1.O=C(O)C(F)(F)F.O=C(O)C(F)(F)F.O=C(O)C(F)(F)F. The number of pyridine rings is 1. The monoisotopic (exact) mass is 701 g/mol. The Labute approximate surface area is 258 Å². The van der Waals surface area contributed by atoms with Crippen LogP contribution < -0.4 is 4.74 Å². The van der Waals surface area contributed by atoms with Crippen LogP contribution >= 0.6 is 11.3 Å². The van der Waals surface area contributed by atoms with Crippen molar-refractivity contribution in [2.75, 3.05) is 26.3 Å². The molecule has 0 saturated carbocycles. The second-order valence-corrected chi connectivity index (χ2v) is 10.5. The van der Waals surface area contributed by atoms with E-state index in [1.54, 1.807) is 17.5 Å². The second kappa shape index (κ2) is 17.3. The summed E-state index contributed by atoms with van der Waals surface area (Å²) < 4.78 is 107. The summed E-state index contributed by atoms with van der Waals surface area (Å²) in [6.45, 7) is 6.73. The molecule has 11 nitrogen and oxygen atoms in total. The van der Waals surface area contributed by atoms with Crippen LogP contribution in [0.3, 0.4) is 0 Å². The van der Waals surface area contributed by atoms with Gasteiger partial charge in [-0.2, -0.15) is 39.5 Å². The lowest BCUT2D eigenvalue weighted by Gasteiger charge is -2.50. The van der Waals surface area contributed by atoms with E-state index in [2.05, 4.69) is 21.8 Å². The number of carbonyl (C=O) groups is 3. The van der Waals surface area contributed by atoms with Crippen LogP contribution in [-0.2, 0) is 25.7 Å². The van der Waals surface area contributed by atoms with Crippen LogP contribution in [0.2, 0.25) is 0 Å². The van der Waals surface area contributed by atoms with E-state index in [-0.39, 0.29) is 5.41 Å². The predicted octanol–water partition coefficient (Wildman–Crippen LogP) is 5.20. The van der Waals surface area contributed by atoms with E-state index in [4.69, 9.17) is 39.2 Å². The molecule has 2 aliphatic heterocycles. The number of piperidine rings is 1. The number of carboxylic acid groups (broad SMARTS) is 3. The van der Waals surface area contributed by atoms with Gasteiger partial charge in [0, 0.05) is 48.8 Å². The van der Waals surface area contributed by atoms with Crippen molar-refractivity contribution in [1.29, 1.82) is 0 Å². The van der Waals surface area contributed by atoms with Crippen molar-refractivity contribution < 1.29 is 78.7 Å². The Kier molecular flexibility index (Phi) is 15.1. The van der Waals surface area contributed by atoms with Gasteiger partial charge in [0.05, 0.1) is 23.9 Å². The summed E-state index contributed by atoms with van der Waals surface area (Å²) in [6.07, 6.45) is -9.84. The summed E-state index contributed by atoms with van der Waals surface area (Å²) in [7, 11) is 0. The van der Waals surface area contributed by atoms with Crippen LogP contribution in [0.5, 0.6) is 5.88 Å². The van der Waals surface area contributed by atoms with Crippen molar-refractivity contribution in [1.82, 2.24) is 14.9 Å². The number of nitrogens with zero attached hydrogens (tertiary/aromatic N) is 3. The number of alkyl halides is 9. The summed E-state index contributed by atoms with van der Waals surface area (Å²) in [4.78, 5) is 39.3. The van der Waals surface area contributed by atoms with Crippen molar-refractivity contribution in [2.45, 2.75) is 57.4 Å². The summed E-state index contributed by atoms with van der Waals surface area (Å²) in [5.41, 5.74) is 3.17. The zero-order chi connectivity index (χ0) is 35.3. The Morgan fingerprint density at radius 3 is 1.96 bits per heavy atom. The minimum Gasteiger partial charge on any atom is -0.477 e. The molecular weight excluding hydrogens is 673 g/mol. The molecule has 0 aromatic carbocycles. The fourth-order valence-corrected chi connectivity index (χ4v) is 4.88. The summed E-state index contributed by atoms with van der Waals surface area (Å²) in [5.74, 6) is -7.57. The molecule has 0 spiro atoms. The lowest BCUT2D eigenvalue weighted by molar-refractivity contribution is -0.193. The molecule has 46 heavy (non-hydrogen) atoms. The number of rotatable bonds is 5. The molecule has 4 rings (SSSR count). The molecule has 4 heterocycles. The average molecular weight is 702 g/mol. The van der Waals surface area contributed by atoms with Gasteiger partial charge in [-0.15, -0.1) is 11.3 Å². The van der Waals surface area contributed by atoms with Crippen molar-refractivity contribution in [3.63, 3.8) is 0 Å². The van der Waals surface area contributed by atoms with Gasteiger partial charge in [-0.25, -0.2) is 24.4 Å². The molecule has 2 aliphatic rings. The van der Waals surface area contributed by atoms with Gasteiger partial charge in [-0.1, -0.05) is 6.07 Å². The number of ether oxygens (including phenoxy) is 2. The van der Waals surface area contributed by atoms with Crippen LogP contribution in [0.4, 0.5) is 39.5 Å². The molecule has 2 atom stereocenters. The number of fused-ring (bicyclic) bond motifs is 1. The first kappa shape index (κ1) is 40.3. The number of halogens is 9. The number of aromatic nitrogens is 2. The molecule has 260 valence electrons. The van der Waals surface area contributed by atoms with Crippen molar-refractivity contribution >= 4 is 29.2 Å². The molecular formula is C25H28F9N3O8S. The Morgan fingerprint density at radius 2 is 1.52 bits per heavy atom. The number of hydrogen-bond acceptors (Lipinski definition) is 9. The highest BCUT2D eigenvalue weighted by Crippen LogP contribution is 2.41. The first-order chi connectivity index (χ1) is 21.1. The molecule has 0 bridgehead atoms. The van der Waals surface area contributed by atoms with Crippen molar-refractivity contribution in [2.24, 2.45) is 5.41 Å². The van der Waals surface area contributed by atoms with Crippen LogP contribution in [0, 0.1) is 12.3 Å². The third-order valence-electron chi connectivity index (χ3n) is 6.15. The Balaban J connectivity index is 0.000000413. The first-order valence-corrected chi connectivity index (χ1v) is 13.6. The van der Waals surface area contributed by atoms with E-state index >= 15 is 0 Å². The van der Waals surface area contributed by atoms with Gasteiger partial charge in [-0.05, 0) is 32.3 Å². The number of likely N-dealkylation sites (tertiary alicyclic amines) is 1. The molecule has 0 aliphatic carbocycles. The number of carboxylic acids is 3. The van der Waals surface area contributed by atoms with Gasteiger partial charge in [0.25, 0.3) is 0 Å². The Hall–Kier alpha value is -3.72. The summed E-state index contributed by atoms with van der Waals surface area (Å²) in [5, 5.41) is 21.4. The smallest absolute Gasteiger partial charge is 0.477 e. The topological polar surface area (TPSA) is 159 Å². The second-order valence-electron chi connectivity index (χ2n) is 9.55. The van der Waals surface area contributed by atoms with E-state index in [1.807, 2.05) is 23.7 Å². The number of aryl methyl sites for hydroxylation is 1. The average Bonchev–Trinajstić information content (AvgIpc) is 3.35. The quantitative estimate of drug-likeness (QED) is 0.352. The van der Waals surface area contributed by atoms with Gasteiger partial charge in [0.15, 0.2) is 0 Å². The standard InChI is InChI=1S/C19H25N3O2S.3C2HF3O2/c1-15-16(25-14-21-15)11-22-9-6-17-19(12-22,7-4-10-23-17)13-24-18-5-2-3-8-20-18;3*3-2(4,5)1(6)7/h2-3,5,8,14,17H,4,6-7,9-13H2,1H3;3*(H,6,7). The molecule has 2 saturated heterocycles. The minimum atomic E-state index is -5.08. The summed E-state index contributed by atoms with van der Waals surface area (Å²) in [6, 6.07) is 5.81. The maximum atomic E-state index is 10.6. The molecule has 2 aromatic heterocycles. The van der Waals surface area contributed by atoms with Gasteiger partial charge in [-0.3, -0.25) is 4.90 Å². The van der Waals surface area contributed by atoms with Crippen molar-refractivity contribution in [3.05, 3.63) is 40.5 Å². The number of hydrogen-bond donors (Lipinski definition) is 3. The molecule has 3 N–H and O–H groups in total. The van der Waals surface area contributed by atoms with Crippen LogP contribution in [0.1, 0.15) is 29.8 Å². The molecule has 0 radical (unpaired) electrons. The maximum Gasteiger partial charge on any atom is 0.490 e. The van der Waals surface area contributed by atoms with Gasteiger partial charge < -0.3 is 24.8 Å². The maximum absolute atomic E-state index is 10.6. The van der Waals surface area contributed by atoms with E-state index in [0.29, 0.717) is 18.6 Å². The molecule has 2 fully saturated rings. The fraction of sp³-hybridized carbons (Fsp3) is 0.560. The zero-order valence-electron chi connectivity index (χ0n) is 23.7. The van der Waals surface area contributed by atoms with Gasteiger partial charge in [0.1, 0.15) is 0 Å². The van der Waals surface area contributed by atoms with Crippen LogP contribution in [0.25, 0.3) is 0 Å². The Morgan fingerprint density at radius 1 is 0.978 bits per heavy atom. The van der Waals surface area contributed by atoms with Gasteiger partial charge >= 0.3 is 36.4 Å². The predicted molar refractivity (Wildman–Crippen MR) is 139 cm³/mol. The molecule has 21 heteroatoms. The van der Waals surface area contributed by atoms with Crippen LogP contribution in [-0.4, -0.2) is 99.0 Å². The van der Waals surface area contributed by atoms with E-state index < -0.39 is 36.4 Å². The number of aliphatic carboxylic acids is 3. The van der Waals surface area contributed by atoms with E-state index in [1.165, 1.54) is 4.88 Å². The normalized spacial score (nSPS) is 19.8. The minimum absolute atomic E-state index is 0.0621. The molecule has 2 unspecified atom stereocenters. The largest absolute Gasteiger partial charge is 0.490 e. The Bertz CT molecular complexity index is 1200. The van der Waals surface area contributed by atoms with Crippen LogP contribution in [0.15, 0.2) is 29.9 Å². The molecule has 0 amide bonds. The van der Waals surface area contributed by atoms with E-state index in [0.717, 1.165) is 51.2 Å².